The number of rotatable bonds is 6. The third-order valence-electron chi connectivity index (χ3n) is 4.70. The minimum absolute atomic E-state index is 0.407. The molecule has 5 nitrogen and oxygen atoms in total. The number of likely N-dealkylation sites (tertiary alicyclic amines) is 1. The van der Waals surface area contributed by atoms with E-state index >= 15 is 0 Å². The minimum Gasteiger partial charge on any atom is -0.382 e. The normalized spacial score (nSPS) is 17.8. The average molecular weight is 361 g/mol. The summed E-state index contributed by atoms with van der Waals surface area (Å²) in [7, 11) is 0. The number of fused-ring (bicyclic) bond motifs is 1. The summed E-state index contributed by atoms with van der Waals surface area (Å²) in [5, 5.41) is 4.22. The number of imidazole rings is 1. The Labute approximate surface area is 155 Å². The van der Waals surface area contributed by atoms with E-state index in [0.717, 1.165) is 74.1 Å². The molecule has 1 atom stereocenters. The van der Waals surface area contributed by atoms with Crippen LogP contribution in [0.3, 0.4) is 0 Å². The number of nitrogens with one attached hydrogen (secondary N) is 2. The quantitative estimate of drug-likeness (QED) is 0.611. The van der Waals surface area contributed by atoms with Gasteiger partial charge in [-0.3, -0.25) is 0 Å². The molecule has 1 saturated heterocycles. The van der Waals surface area contributed by atoms with Crippen LogP contribution in [-0.4, -0.2) is 52.8 Å². The molecule has 1 aliphatic rings. The number of thiocarbonyl (C=S) groups is 1. The van der Waals surface area contributed by atoms with Gasteiger partial charge in [-0.1, -0.05) is 6.07 Å². The molecule has 0 bridgehead atoms. The summed E-state index contributed by atoms with van der Waals surface area (Å²) in [4.78, 5) is 10.6. The van der Waals surface area contributed by atoms with Gasteiger partial charge >= 0.3 is 0 Å². The second kappa shape index (κ2) is 8.63. The monoisotopic (exact) mass is 360 g/mol. The molecule has 3 rings (SSSR count). The maximum atomic E-state index is 5.58. The topological polar surface area (TPSA) is 53.2 Å². The molecule has 0 spiro atoms. The van der Waals surface area contributed by atoms with Crippen LogP contribution >= 0.6 is 12.2 Å². The number of aryl methyl sites for hydroxylation is 1. The Kier molecular flexibility index (Phi) is 6.26. The van der Waals surface area contributed by atoms with Crippen molar-refractivity contribution in [2.24, 2.45) is 0 Å². The molecule has 0 amide bonds. The van der Waals surface area contributed by atoms with Crippen molar-refractivity contribution < 1.29 is 4.74 Å². The highest BCUT2D eigenvalue weighted by Crippen LogP contribution is 2.27. The first kappa shape index (κ1) is 18.1. The fourth-order valence-corrected chi connectivity index (χ4v) is 3.61. The lowest BCUT2D eigenvalue weighted by molar-refractivity contribution is 0.145. The van der Waals surface area contributed by atoms with E-state index in [1.54, 1.807) is 0 Å². The lowest BCUT2D eigenvalue weighted by Crippen LogP contribution is -2.45. The number of H-pyrrole nitrogens is 1. The molecule has 0 aliphatic carbocycles. The molecule has 0 radical (unpaired) electrons. The van der Waals surface area contributed by atoms with Crippen molar-refractivity contribution in [2.75, 3.05) is 32.8 Å². The maximum absolute atomic E-state index is 5.58. The van der Waals surface area contributed by atoms with Crippen molar-refractivity contribution in [3.05, 3.63) is 29.6 Å². The largest absolute Gasteiger partial charge is 0.382 e. The number of nitrogens with zero attached hydrogens (tertiary/aromatic N) is 2. The van der Waals surface area contributed by atoms with Crippen molar-refractivity contribution in [2.45, 2.75) is 39.0 Å². The van der Waals surface area contributed by atoms with Gasteiger partial charge in [-0.25, -0.2) is 4.98 Å². The van der Waals surface area contributed by atoms with E-state index < -0.39 is 0 Å². The zero-order chi connectivity index (χ0) is 17.6. The van der Waals surface area contributed by atoms with Gasteiger partial charge in [-0.05, 0) is 63.0 Å². The Morgan fingerprint density at radius 3 is 3.20 bits per heavy atom. The Morgan fingerprint density at radius 2 is 2.36 bits per heavy atom. The van der Waals surface area contributed by atoms with Gasteiger partial charge in [0, 0.05) is 38.8 Å². The molecule has 136 valence electrons. The van der Waals surface area contributed by atoms with E-state index in [4.69, 9.17) is 21.9 Å². The van der Waals surface area contributed by atoms with Gasteiger partial charge in [0.15, 0.2) is 5.11 Å². The summed E-state index contributed by atoms with van der Waals surface area (Å²) >= 11 is 5.58. The van der Waals surface area contributed by atoms with Gasteiger partial charge in [0.2, 0.25) is 0 Å². The van der Waals surface area contributed by atoms with Crippen LogP contribution in [0.2, 0.25) is 0 Å². The molecule has 0 unspecified atom stereocenters. The van der Waals surface area contributed by atoms with Crippen molar-refractivity contribution >= 4 is 28.4 Å². The Bertz CT molecular complexity index is 715. The van der Waals surface area contributed by atoms with Crippen LogP contribution < -0.4 is 5.32 Å². The summed E-state index contributed by atoms with van der Waals surface area (Å²) < 4.78 is 5.36. The number of ether oxygens (including phenoxy) is 1. The number of hydrogen-bond donors (Lipinski definition) is 2. The lowest BCUT2D eigenvalue weighted by atomic mass is 9.98. The van der Waals surface area contributed by atoms with E-state index in [1.807, 2.05) is 6.92 Å². The smallest absolute Gasteiger partial charge is 0.168 e. The number of aromatic nitrogens is 2. The highest BCUT2D eigenvalue weighted by molar-refractivity contribution is 7.80. The third kappa shape index (κ3) is 4.70. The maximum Gasteiger partial charge on any atom is 0.168 e. The van der Waals surface area contributed by atoms with Crippen LogP contribution in [0.25, 0.3) is 11.0 Å². The molecule has 2 aromatic rings. The number of benzene rings is 1. The Morgan fingerprint density at radius 1 is 1.48 bits per heavy atom. The fourth-order valence-electron chi connectivity index (χ4n) is 3.35. The van der Waals surface area contributed by atoms with E-state index in [-0.39, 0.29) is 0 Å². The first-order chi connectivity index (χ1) is 12.2. The fraction of sp³-hybridized carbons (Fsp3) is 0.579. The Hall–Kier alpha value is -1.66. The Balaban J connectivity index is 1.57. The molecule has 2 heterocycles. The standard InChI is InChI=1S/C19H28N4OS/c1-3-24-11-5-9-20-19(25)23-10-4-6-15(13-23)18-21-16-8-7-14(2)12-17(16)22-18/h7-8,12,15H,3-6,9-11,13H2,1-2H3,(H,20,25)(H,21,22)/t15-/m1/s1. The number of aromatic amines is 1. The first-order valence-corrected chi connectivity index (χ1v) is 9.65. The first-order valence-electron chi connectivity index (χ1n) is 9.24. The van der Waals surface area contributed by atoms with Crippen LogP contribution in [0.5, 0.6) is 0 Å². The second-order valence-corrected chi connectivity index (χ2v) is 7.10. The van der Waals surface area contributed by atoms with Crippen molar-refractivity contribution in [3.63, 3.8) is 0 Å². The van der Waals surface area contributed by atoms with Crippen LogP contribution in [0, 0.1) is 6.92 Å². The summed E-state index contributed by atoms with van der Waals surface area (Å²) in [6, 6.07) is 6.37. The van der Waals surface area contributed by atoms with Gasteiger partial charge in [0.05, 0.1) is 11.0 Å². The zero-order valence-electron chi connectivity index (χ0n) is 15.2. The number of piperidine rings is 1. The summed E-state index contributed by atoms with van der Waals surface area (Å²) in [5.74, 6) is 1.49. The van der Waals surface area contributed by atoms with Gasteiger partial charge < -0.3 is 19.9 Å². The van der Waals surface area contributed by atoms with Crippen LogP contribution in [-0.2, 0) is 4.74 Å². The molecule has 2 N–H and O–H groups in total. The van der Waals surface area contributed by atoms with E-state index in [1.165, 1.54) is 5.56 Å². The molecule has 1 fully saturated rings. The molecule has 1 aliphatic heterocycles. The van der Waals surface area contributed by atoms with Crippen molar-refractivity contribution in [1.82, 2.24) is 20.2 Å². The molecular formula is C19H28N4OS. The van der Waals surface area contributed by atoms with Gasteiger partial charge in [0.25, 0.3) is 0 Å². The molecule has 1 aromatic heterocycles. The molecule has 6 heteroatoms. The predicted molar refractivity (Wildman–Crippen MR) is 106 cm³/mol. The van der Waals surface area contributed by atoms with Gasteiger partial charge in [0.1, 0.15) is 5.82 Å². The van der Waals surface area contributed by atoms with Gasteiger partial charge in [-0.2, -0.15) is 0 Å². The minimum atomic E-state index is 0.407. The highest BCUT2D eigenvalue weighted by atomic mass is 32.1. The van der Waals surface area contributed by atoms with Gasteiger partial charge in [-0.15, -0.1) is 0 Å². The van der Waals surface area contributed by atoms with Crippen molar-refractivity contribution in [1.29, 1.82) is 0 Å². The van der Waals surface area contributed by atoms with E-state index in [9.17, 15) is 0 Å². The number of hydrogen-bond acceptors (Lipinski definition) is 3. The lowest BCUT2D eigenvalue weighted by Gasteiger charge is -2.33. The average Bonchev–Trinajstić information content (AvgIpc) is 3.04. The highest BCUT2D eigenvalue weighted by Gasteiger charge is 2.25. The molecule has 1 aromatic carbocycles. The van der Waals surface area contributed by atoms with E-state index in [2.05, 4.69) is 40.3 Å². The molecular weight excluding hydrogens is 332 g/mol. The van der Waals surface area contributed by atoms with Crippen LogP contribution in [0.1, 0.15) is 43.5 Å². The summed E-state index contributed by atoms with van der Waals surface area (Å²) in [6.45, 7) is 8.50. The molecule has 25 heavy (non-hydrogen) atoms. The summed E-state index contributed by atoms with van der Waals surface area (Å²) in [5.41, 5.74) is 3.43. The van der Waals surface area contributed by atoms with Crippen LogP contribution in [0.4, 0.5) is 0 Å². The predicted octanol–water partition coefficient (Wildman–Crippen LogP) is 3.35. The molecule has 0 saturated carbocycles. The second-order valence-electron chi connectivity index (χ2n) is 6.71. The SMILES string of the molecule is CCOCCCNC(=S)N1CCC[C@@H](c2nc3ccc(C)cc3[nH]2)C1. The zero-order valence-corrected chi connectivity index (χ0v) is 16.0. The van der Waals surface area contributed by atoms with Crippen LogP contribution in [0.15, 0.2) is 18.2 Å². The summed E-state index contributed by atoms with van der Waals surface area (Å²) in [6.07, 6.45) is 3.28. The van der Waals surface area contributed by atoms with Crippen molar-refractivity contribution in [3.8, 4) is 0 Å². The van der Waals surface area contributed by atoms with E-state index in [0.29, 0.717) is 5.92 Å². The third-order valence-corrected chi connectivity index (χ3v) is 5.10.